The molecule has 0 bridgehead atoms. The summed E-state index contributed by atoms with van der Waals surface area (Å²) in [6.07, 6.45) is 0. The van der Waals surface area contributed by atoms with Gasteiger partial charge in [-0.15, -0.1) is 10.2 Å². The van der Waals surface area contributed by atoms with Gasteiger partial charge in [0.15, 0.2) is 11.0 Å². The Morgan fingerprint density at radius 1 is 1.04 bits per heavy atom. The van der Waals surface area contributed by atoms with Gasteiger partial charge >= 0.3 is 0 Å². The Labute approximate surface area is 170 Å². The second-order valence-corrected chi connectivity index (χ2v) is 8.19. The number of anilines is 1. The number of benzene rings is 2. The second kappa shape index (κ2) is 8.61. The van der Waals surface area contributed by atoms with Crippen molar-refractivity contribution < 1.29 is 4.79 Å². The van der Waals surface area contributed by atoms with Crippen LogP contribution in [0.15, 0.2) is 47.6 Å². The molecule has 0 spiro atoms. The minimum Gasteiger partial charge on any atom is -0.325 e. The monoisotopic (exact) mass is 394 g/mol. The molecular formula is C22H26N4OS. The van der Waals surface area contributed by atoms with Gasteiger partial charge in [-0.2, -0.15) is 0 Å². The zero-order chi connectivity index (χ0) is 20.3. The molecular weight excluding hydrogens is 368 g/mol. The summed E-state index contributed by atoms with van der Waals surface area (Å²) < 4.78 is 2.07. The lowest BCUT2D eigenvalue weighted by Crippen LogP contribution is -2.24. The molecule has 1 aromatic heterocycles. The Hall–Kier alpha value is -2.60. The molecule has 0 saturated heterocycles. The van der Waals surface area contributed by atoms with E-state index in [1.807, 2.05) is 51.1 Å². The molecule has 0 radical (unpaired) electrons. The van der Waals surface area contributed by atoms with Gasteiger partial charge in [-0.25, -0.2) is 0 Å². The van der Waals surface area contributed by atoms with Gasteiger partial charge in [-0.3, -0.25) is 4.79 Å². The molecule has 2 aromatic carbocycles. The van der Waals surface area contributed by atoms with E-state index in [1.54, 1.807) is 0 Å². The number of hydrogen-bond donors (Lipinski definition) is 1. The van der Waals surface area contributed by atoms with Crippen LogP contribution in [0.1, 0.15) is 30.5 Å². The SMILES string of the molecule is CCn1c(SC(C)C(=O)Nc2c(C)cccc2C)nnc1-c1ccccc1C. The van der Waals surface area contributed by atoms with Crippen LogP contribution in [0.3, 0.4) is 0 Å². The number of thioether (sulfide) groups is 1. The molecule has 1 N–H and O–H groups in total. The third-order valence-corrected chi connectivity index (χ3v) is 5.88. The molecule has 0 saturated carbocycles. The average molecular weight is 395 g/mol. The zero-order valence-corrected chi connectivity index (χ0v) is 17.8. The van der Waals surface area contributed by atoms with Gasteiger partial charge in [0.25, 0.3) is 0 Å². The molecule has 0 aliphatic rings. The minimum absolute atomic E-state index is 0.0366. The first-order chi connectivity index (χ1) is 13.4. The number of carbonyl (C=O) groups excluding carboxylic acids is 1. The van der Waals surface area contributed by atoms with E-state index in [0.29, 0.717) is 0 Å². The highest BCUT2D eigenvalue weighted by Crippen LogP contribution is 2.29. The van der Waals surface area contributed by atoms with E-state index in [0.717, 1.165) is 45.5 Å². The number of nitrogens with zero attached hydrogens (tertiary/aromatic N) is 3. The maximum atomic E-state index is 12.8. The summed E-state index contributed by atoms with van der Waals surface area (Å²) in [7, 11) is 0. The van der Waals surface area contributed by atoms with Crippen molar-refractivity contribution >= 4 is 23.4 Å². The largest absolute Gasteiger partial charge is 0.325 e. The summed E-state index contributed by atoms with van der Waals surface area (Å²) in [6.45, 7) is 10.8. The van der Waals surface area contributed by atoms with Crippen LogP contribution < -0.4 is 5.32 Å². The molecule has 6 heteroatoms. The van der Waals surface area contributed by atoms with Gasteiger partial charge in [0, 0.05) is 17.8 Å². The lowest BCUT2D eigenvalue weighted by Gasteiger charge is -2.15. The lowest BCUT2D eigenvalue weighted by atomic mass is 10.1. The van der Waals surface area contributed by atoms with Crippen molar-refractivity contribution in [3.8, 4) is 11.4 Å². The summed E-state index contributed by atoms with van der Waals surface area (Å²) in [4.78, 5) is 12.8. The fourth-order valence-corrected chi connectivity index (χ4v) is 4.05. The smallest absolute Gasteiger partial charge is 0.237 e. The number of nitrogens with one attached hydrogen (secondary N) is 1. The quantitative estimate of drug-likeness (QED) is 0.597. The van der Waals surface area contributed by atoms with Gasteiger partial charge < -0.3 is 9.88 Å². The first-order valence-electron chi connectivity index (χ1n) is 9.45. The van der Waals surface area contributed by atoms with Crippen LogP contribution in [0.5, 0.6) is 0 Å². The van der Waals surface area contributed by atoms with Gasteiger partial charge in [-0.1, -0.05) is 54.2 Å². The summed E-state index contributed by atoms with van der Waals surface area (Å²) in [5.74, 6) is 0.802. The van der Waals surface area contributed by atoms with Crippen LogP contribution in [0, 0.1) is 20.8 Å². The Kier molecular flexibility index (Phi) is 6.19. The maximum absolute atomic E-state index is 12.8. The highest BCUT2D eigenvalue weighted by molar-refractivity contribution is 8.00. The van der Waals surface area contributed by atoms with Crippen LogP contribution >= 0.6 is 11.8 Å². The van der Waals surface area contributed by atoms with Gasteiger partial charge in [-0.05, 0) is 51.3 Å². The van der Waals surface area contributed by atoms with Crippen molar-refractivity contribution in [1.29, 1.82) is 0 Å². The van der Waals surface area contributed by atoms with Crippen molar-refractivity contribution in [3.05, 3.63) is 59.2 Å². The summed E-state index contributed by atoms with van der Waals surface area (Å²) in [6, 6.07) is 14.1. The van der Waals surface area contributed by atoms with E-state index in [9.17, 15) is 4.79 Å². The van der Waals surface area contributed by atoms with E-state index >= 15 is 0 Å². The number of para-hydroxylation sites is 1. The summed E-state index contributed by atoms with van der Waals surface area (Å²) >= 11 is 1.43. The van der Waals surface area contributed by atoms with Crippen molar-refractivity contribution in [2.24, 2.45) is 0 Å². The molecule has 0 aliphatic carbocycles. The first kappa shape index (κ1) is 20.1. The Morgan fingerprint density at radius 3 is 2.32 bits per heavy atom. The number of aromatic nitrogens is 3. The van der Waals surface area contributed by atoms with Crippen molar-refractivity contribution in [3.63, 3.8) is 0 Å². The third kappa shape index (κ3) is 4.12. The zero-order valence-electron chi connectivity index (χ0n) is 17.0. The normalized spacial score (nSPS) is 12.0. The Balaban J connectivity index is 1.80. The molecule has 1 unspecified atom stereocenters. The number of aryl methyl sites for hydroxylation is 3. The molecule has 3 rings (SSSR count). The first-order valence-corrected chi connectivity index (χ1v) is 10.3. The van der Waals surface area contributed by atoms with Crippen LogP contribution in [0.4, 0.5) is 5.69 Å². The Morgan fingerprint density at radius 2 is 1.68 bits per heavy atom. The minimum atomic E-state index is -0.293. The van der Waals surface area contributed by atoms with Crippen LogP contribution in [0.25, 0.3) is 11.4 Å². The lowest BCUT2D eigenvalue weighted by molar-refractivity contribution is -0.115. The molecule has 1 atom stereocenters. The molecule has 5 nitrogen and oxygen atoms in total. The predicted molar refractivity (Wildman–Crippen MR) is 116 cm³/mol. The van der Waals surface area contributed by atoms with E-state index in [4.69, 9.17) is 0 Å². The molecule has 0 aliphatic heterocycles. The van der Waals surface area contributed by atoms with Gasteiger partial charge in [0.1, 0.15) is 0 Å². The second-order valence-electron chi connectivity index (χ2n) is 6.88. The number of amides is 1. The van der Waals surface area contributed by atoms with Crippen molar-refractivity contribution in [1.82, 2.24) is 14.8 Å². The topological polar surface area (TPSA) is 59.8 Å². The van der Waals surface area contributed by atoms with E-state index < -0.39 is 0 Å². The van der Waals surface area contributed by atoms with Crippen LogP contribution in [-0.2, 0) is 11.3 Å². The standard InChI is InChI=1S/C22H26N4OS/c1-6-26-20(18-13-8-7-10-14(18)2)24-25-22(26)28-17(5)21(27)23-19-15(3)11-9-12-16(19)4/h7-13,17H,6H2,1-5H3,(H,23,27). The summed E-state index contributed by atoms with van der Waals surface area (Å²) in [5.41, 5.74) is 5.23. The molecule has 28 heavy (non-hydrogen) atoms. The van der Waals surface area contributed by atoms with E-state index in [1.165, 1.54) is 11.8 Å². The molecule has 146 valence electrons. The molecule has 1 heterocycles. The van der Waals surface area contributed by atoms with Crippen molar-refractivity contribution in [2.75, 3.05) is 5.32 Å². The van der Waals surface area contributed by atoms with E-state index in [-0.39, 0.29) is 11.2 Å². The van der Waals surface area contributed by atoms with Gasteiger partial charge in [0.05, 0.1) is 5.25 Å². The average Bonchev–Trinajstić information content (AvgIpc) is 3.07. The van der Waals surface area contributed by atoms with Crippen LogP contribution in [0.2, 0.25) is 0 Å². The molecule has 0 fully saturated rings. The fraction of sp³-hybridized carbons (Fsp3) is 0.318. The van der Waals surface area contributed by atoms with Crippen molar-refractivity contribution in [2.45, 2.75) is 51.6 Å². The van der Waals surface area contributed by atoms with Crippen LogP contribution in [-0.4, -0.2) is 25.9 Å². The number of rotatable bonds is 6. The fourth-order valence-electron chi connectivity index (χ4n) is 3.13. The maximum Gasteiger partial charge on any atom is 0.237 e. The van der Waals surface area contributed by atoms with E-state index in [2.05, 4.69) is 46.1 Å². The molecule has 1 amide bonds. The highest BCUT2D eigenvalue weighted by Gasteiger charge is 2.21. The molecule has 3 aromatic rings. The highest BCUT2D eigenvalue weighted by atomic mass is 32.2. The van der Waals surface area contributed by atoms with Gasteiger partial charge in [0.2, 0.25) is 5.91 Å². The number of hydrogen-bond acceptors (Lipinski definition) is 4. The third-order valence-electron chi connectivity index (χ3n) is 4.80. The summed E-state index contributed by atoms with van der Waals surface area (Å²) in [5, 5.41) is 12.3. The predicted octanol–water partition coefficient (Wildman–Crippen LogP) is 5.01. The number of carbonyl (C=O) groups is 1. The Bertz CT molecular complexity index is 976.